The number of carboxylic acids is 1. The van der Waals surface area contributed by atoms with Crippen LogP contribution >= 0.6 is 0 Å². The van der Waals surface area contributed by atoms with Crippen molar-refractivity contribution in [1.82, 2.24) is 9.80 Å². The number of piperidine rings is 2. The van der Waals surface area contributed by atoms with E-state index in [2.05, 4.69) is 20.8 Å². The molecule has 1 atom stereocenters. The van der Waals surface area contributed by atoms with Gasteiger partial charge in [-0.3, -0.25) is 4.79 Å². The van der Waals surface area contributed by atoms with Gasteiger partial charge in [-0.1, -0.05) is 20.8 Å². The Bertz CT molecular complexity index is 395. The molecule has 2 aliphatic heterocycles. The van der Waals surface area contributed by atoms with E-state index >= 15 is 0 Å². The van der Waals surface area contributed by atoms with Crippen molar-refractivity contribution >= 4 is 12.0 Å². The minimum Gasteiger partial charge on any atom is -0.481 e. The second-order valence-electron chi connectivity index (χ2n) is 7.53. The van der Waals surface area contributed by atoms with Crippen LogP contribution in [0, 0.1) is 17.3 Å². The minimum atomic E-state index is -0.779. The summed E-state index contributed by atoms with van der Waals surface area (Å²) >= 11 is 0. The van der Waals surface area contributed by atoms with Crippen LogP contribution in [0.5, 0.6) is 0 Å². The van der Waals surface area contributed by atoms with Gasteiger partial charge in [0.15, 0.2) is 0 Å². The topological polar surface area (TPSA) is 60.9 Å². The molecule has 21 heavy (non-hydrogen) atoms. The lowest BCUT2D eigenvalue weighted by Gasteiger charge is -2.41. The van der Waals surface area contributed by atoms with E-state index in [1.165, 1.54) is 0 Å². The van der Waals surface area contributed by atoms with Gasteiger partial charge in [-0.15, -0.1) is 0 Å². The van der Waals surface area contributed by atoms with E-state index in [4.69, 9.17) is 5.11 Å². The van der Waals surface area contributed by atoms with Gasteiger partial charge in [0.05, 0.1) is 5.92 Å². The maximum Gasteiger partial charge on any atom is 0.320 e. The van der Waals surface area contributed by atoms with E-state index in [-0.39, 0.29) is 6.03 Å². The second-order valence-corrected chi connectivity index (χ2v) is 7.53. The average Bonchev–Trinajstić information content (AvgIpc) is 2.46. The predicted molar refractivity (Wildman–Crippen MR) is 81.1 cm³/mol. The summed E-state index contributed by atoms with van der Waals surface area (Å²) in [6, 6.07) is 0.0355. The number of hydrogen-bond acceptors (Lipinski definition) is 2. The summed E-state index contributed by atoms with van der Waals surface area (Å²) in [4.78, 5) is 27.3. The fraction of sp³-hybridized carbons (Fsp3) is 0.875. The highest BCUT2D eigenvalue weighted by atomic mass is 16.4. The van der Waals surface area contributed by atoms with Crippen LogP contribution in [-0.2, 0) is 4.79 Å². The molecule has 0 radical (unpaired) electrons. The number of amides is 2. The molecule has 0 saturated carbocycles. The molecule has 0 aliphatic carbocycles. The molecule has 5 nitrogen and oxygen atoms in total. The largest absolute Gasteiger partial charge is 0.481 e. The highest BCUT2D eigenvalue weighted by Crippen LogP contribution is 2.34. The van der Waals surface area contributed by atoms with Crippen molar-refractivity contribution in [1.29, 1.82) is 0 Å². The molecule has 0 bridgehead atoms. The summed E-state index contributed by atoms with van der Waals surface area (Å²) in [6.45, 7) is 9.45. The van der Waals surface area contributed by atoms with Crippen LogP contribution in [0.25, 0.3) is 0 Å². The molecule has 2 rings (SSSR count). The Morgan fingerprint density at radius 2 is 1.62 bits per heavy atom. The van der Waals surface area contributed by atoms with Crippen molar-refractivity contribution in [2.45, 2.75) is 46.5 Å². The van der Waals surface area contributed by atoms with Crippen LogP contribution in [0.3, 0.4) is 0 Å². The number of urea groups is 1. The Balaban J connectivity index is 1.88. The Labute approximate surface area is 127 Å². The van der Waals surface area contributed by atoms with Crippen LogP contribution in [0.4, 0.5) is 4.79 Å². The van der Waals surface area contributed by atoms with Gasteiger partial charge in [-0.2, -0.15) is 0 Å². The first-order chi connectivity index (χ1) is 9.79. The van der Waals surface area contributed by atoms with Crippen molar-refractivity contribution in [3.05, 3.63) is 0 Å². The average molecular weight is 296 g/mol. The SMILES string of the molecule is CC(C)(C)C1CCN(C(=O)N2CCC[C@@H](C(=O)O)C2)CC1. The summed E-state index contributed by atoms with van der Waals surface area (Å²) in [5.74, 6) is -0.511. The Kier molecular flexibility index (Phi) is 4.79. The van der Waals surface area contributed by atoms with Crippen molar-refractivity contribution < 1.29 is 14.7 Å². The van der Waals surface area contributed by atoms with Crippen molar-refractivity contribution in [3.63, 3.8) is 0 Å². The van der Waals surface area contributed by atoms with E-state index < -0.39 is 11.9 Å². The fourth-order valence-electron chi connectivity index (χ4n) is 3.49. The molecule has 1 N–H and O–H groups in total. The van der Waals surface area contributed by atoms with E-state index in [0.717, 1.165) is 32.4 Å². The highest BCUT2D eigenvalue weighted by Gasteiger charge is 2.34. The summed E-state index contributed by atoms with van der Waals surface area (Å²) in [5, 5.41) is 9.12. The summed E-state index contributed by atoms with van der Waals surface area (Å²) < 4.78 is 0. The minimum absolute atomic E-state index is 0.0355. The predicted octanol–water partition coefficient (Wildman–Crippen LogP) is 2.66. The second kappa shape index (κ2) is 6.24. The molecule has 2 fully saturated rings. The Hall–Kier alpha value is -1.26. The van der Waals surface area contributed by atoms with Crippen LogP contribution in [0.1, 0.15) is 46.5 Å². The smallest absolute Gasteiger partial charge is 0.320 e. The standard InChI is InChI=1S/C16H28N2O3/c1-16(2,3)13-6-9-17(10-7-13)15(21)18-8-4-5-12(11-18)14(19)20/h12-13H,4-11H2,1-3H3,(H,19,20)/t12-/m1/s1. The molecule has 2 amide bonds. The van der Waals surface area contributed by atoms with Gasteiger partial charge >= 0.3 is 12.0 Å². The van der Waals surface area contributed by atoms with E-state index in [1.807, 2.05) is 4.90 Å². The van der Waals surface area contributed by atoms with Gasteiger partial charge in [0.2, 0.25) is 0 Å². The van der Waals surface area contributed by atoms with Crippen molar-refractivity contribution in [2.24, 2.45) is 17.3 Å². The Morgan fingerprint density at radius 3 is 2.14 bits per heavy atom. The molecular weight excluding hydrogens is 268 g/mol. The maximum absolute atomic E-state index is 12.5. The number of likely N-dealkylation sites (tertiary alicyclic amines) is 2. The van der Waals surface area contributed by atoms with Crippen LogP contribution in [0.2, 0.25) is 0 Å². The van der Waals surface area contributed by atoms with E-state index in [0.29, 0.717) is 30.8 Å². The van der Waals surface area contributed by atoms with Gasteiger partial charge in [-0.05, 0) is 37.0 Å². The summed E-state index contributed by atoms with van der Waals surface area (Å²) in [6.07, 6.45) is 3.57. The molecule has 0 aromatic carbocycles. The van der Waals surface area contributed by atoms with Crippen molar-refractivity contribution in [2.75, 3.05) is 26.2 Å². The zero-order valence-corrected chi connectivity index (χ0v) is 13.5. The quantitative estimate of drug-likeness (QED) is 0.809. The number of carboxylic acid groups (broad SMARTS) is 1. The normalized spacial score (nSPS) is 25.0. The van der Waals surface area contributed by atoms with Gasteiger partial charge in [-0.25, -0.2) is 4.79 Å². The third kappa shape index (κ3) is 3.89. The van der Waals surface area contributed by atoms with Crippen LogP contribution in [0.15, 0.2) is 0 Å². The zero-order valence-electron chi connectivity index (χ0n) is 13.5. The lowest BCUT2D eigenvalue weighted by molar-refractivity contribution is -0.143. The Morgan fingerprint density at radius 1 is 1.00 bits per heavy atom. The number of carbonyl (C=O) groups excluding carboxylic acids is 1. The van der Waals surface area contributed by atoms with Gasteiger partial charge in [0, 0.05) is 26.2 Å². The van der Waals surface area contributed by atoms with Crippen LogP contribution < -0.4 is 0 Å². The fourth-order valence-corrected chi connectivity index (χ4v) is 3.49. The third-order valence-electron chi connectivity index (χ3n) is 5.03. The molecule has 120 valence electrons. The van der Waals surface area contributed by atoms with Gasteiger partial charge in [0.1, 0.15) is 0 Å². The first-order valence-electron chi connectivity index (χ1n) is 8.05. The molecule has 0 unspecified atom stereocenters. The molecule has 0 aromatic heterocycles. The van der Waals surface area contributed by atoms with Crippen molar-refractivity contribution in [3.8, 4) is 0 Å². The monoisotopic (exact) mass is 296 g/mol. The highest BCUT2D eigenvalue weighted by molar-refractivity contribution is 5.76. The lowest BCUT2D eigenvalue weighted by Crippen LogP contribution is -2.51. The molecule has 2 heterocycles. The molecule has 2 aliphatic rings. The number of aliphatic carboxylic acids is 1. The lowest BCUT2D eigenvalue weighted by atomic mass is 9.75. The maximum atomic E-state index is 12.5. The first kappa shape index (κ1) is 16.1. The number of nitrogens with zero attached hydrogens (tertiary/aromatic N) is 2. The molecule has 2 saturated heterocycles. The summed E-state index contributed by atoms with van der Waals surface area (Å²) in [5.41, 5.74) is 0.300. The molecule has 0 aromatic rings. The molecule has 5 heteroatoms. The zero-order chi connectivity index (χ0) is 15.6. The van der Waals surface area contributed by atoms with Crippen LogP contribution in [-0.4, -0.2) is 53.1 Å². The van der Waals surface area contributed by atoms with E-state index in [9.17, 15) is 9.59 Å². The third-order valence-corrected chi connectivity index (χ3v) is 5.03. The summed E-state index contributed by atoms with van der Waals surface area (Å²) in [7, 11) is 0. The van der Waals surface area contributed by atoms with E-state index in [1.54, 1.807) is 4.90 Å². The molecule has 0 spiro atoms. The number of hydrogen-bond donors (Lipinski definition) is 1. The van der Waals surface area contributed by atoms with Gasteiger partial charge < -0.3 is 14.9 Å². The first-order valence-corrected chi connectivity index (χ1v) is 8.05. The molecular formula is C16H28N2O3. The number of rotatable bonds is 1. The number of carbonyl (C=O) groups is 2. The van der Waals surface area contributed by atoms with Gasteiger partial charge in [0.25, 0.3) is 0 Å².